The smallest absolute Gasteiger partial charge is 0.336 e. The number of carbonyl (C=O) groups excluding carboxylic acids is 1. The zero-order chi connectivity index (χ0) is 19.5. The Morgan fingerprint density at radius 2 is 1.82 bits per heavy atom. The van der Waals surface area contributed by atoms with Gasteiger partial charge in [-0.2, -0.15) is 0 Å². The third kappa shape index (κ3) is 3.99. The molecule has 1 fully saturated rings. The predicted molar refractivity (Wildman–Crippen MR) is 109 cm³/mol. The molecule has 0 radical (unpaired) electrons. The van der Waals surface area contributed by atoms with Gasteiger partial charge in [0.05, 0.1) is 0 Å². The van der Waals surface area contributed by atoms with Gasteiger partial charge in [-0.1, -0.05) is 30.3 Å². The van der Waals surface area contributed by atoms with Crippen LogP contribution in [0, 0.1) is 6.92 Å². The average Bonchev–Trinajstić information content (AvgIpc) is 2.93. The molecule has 0 atom stereocenters. The van der Waals surface area contributed by atoms with Gasteiger partial charge in [-0.15, -0.1) is 0 Å². The third-order valence-electron chi connectivity index (χ3n) is 5.28. The number of aryl methyl sites for hydroxylation is 1. The van der Waals surface area contributed by atoms with E-state index in [1.807, 2.05) is 60.4 Å². The minimum atomic E-state index is -0.316. The Hall–Kier alpha value is -2.92. The minimum absolute atomic E-state index is 0.0868. The summed E-state index contributed by atoms with van der Waals surface area (Å²) in [4.78, 5) is 28.9. The highest BCUT2D eigenvalue weighted by Crippen LogP contribution is 2.20. The summed E-state index contributed by atoms with van der Waals surface area (Å²) in [7, 11) is 0. The van der Waals surface area contributed by atoms with Crippen LogP contribution in [-0.4, -0.2) is 41.9 Å². The minimum Gasteiger partial charge on any atom is -0.423 e. The lowest BCUT2D eigenvalue weighted by molar-refractivity contribution is 0.0761. The zero-order valence-electron chi connectivity index (χ0n) is 16.1. The molecule has 0 bridgehead atoms. The van der Waals surface area contributed by atoms with Crippen molar-refractivity contribution in [2.75, 3.05) is 26.2 Å². The molecule has 3 aromatic rings. The van der Waals surface area contributed by atoms with E-state index in [0.717, 1.165) is 48.1 Å². The number of rotatable bonds is 3. The van der Waals surface area contributed by atoms with Crippen LogP contribution in [0.15, 0.2) is 63.8 Å². The third-order valence-corrected chi connectivity index (χ3v) is 5.28. The van der Waals surface area contributed by atoms with Crippen LogP contribution in [0.5, 0.6) is 0 Å². The lowest BCUT2D eigenvalue weighted by atomic mass is 10.1. The molecule has 5 heteroatoms. The van der Waals surface area contributed by atoms with Crippen LogP contribution in [0.3, 0.4) is 0 Å². The summed E-state index contributed by atoms with van der Waals surface area (Å²) in [6, 6.07) is 17.0. The second-order valence-corrected chi connectivity index (χ2v) is 7.38. The first-order chi connectivity index (χ1) is 13.6. The average molecular weight is 376 g/mol. The molecular weight excluding hydrogens is 352 g/mol. The lowest BCUT2D eigenvalue weighted by Gasteiger charge is -2.22. The summed E-state index contributed by atoms with van der Waals surface area (Å²) in [6.45, 7) is 5.78. The van der Waals surface area contributed by atoms with Crippen LogP contribution >= 0.6 is 0 Å². The van der Waals surface area contributed by atoms with E-state index in [2.05, 4.69) is 4.90 Å². The molecule has 144 valence electrons. The van der Waals surface area contributed by atoms with Crippen LogP contribution < -0.4 is 5.63 Å². The Morgan fingerprint density at radius 1 is 1.00 bits per heavy atom. The fourth-order valence-electron chi connectivity index (χ4n) is 3.80. The monoisotopic (exact) mass is 376 g/mol. The Morgan fingerprint density at radius 3 is 2.64 bits per heavy atom. The molecule has 5 nitrogen and oxygen atoms in total. The zero-order valence-corrected chi connectivity index (χ0v) is 16.1. The first kappa shape index (κ1) is 18.4. The van der Waals surface area contributed by atoms with Gasteiger partial charge in [0.25, 0.3) is 5.91 Å². The van der Waals surface area contributed by atoms with Crippen molar-refractivity contribution in [3.63, 3.8) is 0 Å². The first-order valence-electron chi connectivity index (χ1n) is 9.70. The second kappa shape index (κ2) is 7.98. The van der Waals surface area contributed by atoms with Gasteiger partial charge in [-0.3, -0.25) is 9.69 Å². The lowest BCUT2D eigenvalue weighted by Crippen LogP contribution is -2.35. The number of benzene rings is 2. The second-order valence-electron chi connectivity index (χ2n) is 7.38. The standard InChI is InChI=1S/C23H24N2O3/c1-17-8-9-20-19(15-22(26)28-21(20)14-17)16-24-10-5-11-25(13-12-24)23(27)18-6-3-2-4-7-18/h2-4,6-9,14-15H,5,10-13,16H2,1H3. The maximum absolute atomic E-state index is 12.7. The highest BCUT2D eigenvalue weighted by atomic mass is 16.4. The van der Waals surface area contributed by atoms with Crippen molar-refractivity contribution in [2.24, 2.45) is 0 Å². The molecule has 1 amide bonds. The molecule has 0 spiro atoms. The van der Waals surface area contributed by atoms with E-state index < -0.39 is 0 Å². The predicted octanol–water partition coefficient (Wildman–Crippen LogP) is 3.45. The Balaban J connectivity index is 1.49. The van der Waals surface area contributed by atoms with Crippen molar-refractivity contribution >= 4 is 16.9 Å². The molecule has 1 aliphatic heterocycles. The van der Waals surface area contributed by atoms with E-state index in [4.69, 9.17) is 4.42 Å². The summed E-state index contributed by atoms with van der Waals surface area (Å²) in [5, 5.41) is 0.978. The molecular formula is C23H24N2O3. The normalized spacial score (nSPS) is 15.5. The van der Waals surface area contributed by atoms with Crippen molar-refractivity contribution in [2.45, 2.75) is 19.9 Å². The van der Waals surface area contributed by atoms with E-state index in [9.17, 15) is 9.59 Å². The maximum atomic E-state index is 12.7. The fraction of sp³-hybridized carbons (Fsp3) is 0.304. The van der Waals surface area contributed by atoms with Crippen molar-refractivity contribution in [3.05, 3.63) is 81.7 Å². The quantitative estimate of drug-likeness (QED) is 0.657. The van der Waals surface area contributed by atoms with E-state index in [0.29, 0.717) is 18.7 Å². The Labute approximate surface area is 164 Å². The number of hydrogen-bond acceptors (Lipinski definition) is 4. The molecule has 4 rings (SSSR count). The topological polar surface area (TPSA) is 53.8 Å². The summed E-state index contributed by atoms with van der Waals surface area (Å²) in [5.74, 6) is 0.0868. The van der Waals surface area contributed by atoms with Crippen molar-refractivity contribution in [1.82, 2.24) is 9.80 Å². The van der Waals surface area contributed by atoms with Gasteiger partial charge < -0.3 is 9.32 Å². The molecule has 0 N–H and O–H groups in total. The van der Waals surface area contributed by atoms with Gasteiger partial charge in [0.15, 0.2) is 0 Å². The van der Waals surface area contributed by atoms with Gasteiger partial charge in [0, 0.05) is 49.7 Å². The summed E-state index contributed by atoms with van der Waals surface area (Å²) >= 11 is 0. The molecule has 2 heterocycles. The highest BCUT2D eigenvalue weighted by Gasteiger charge is 2.21. The number of amides is 1. The number of fused-ring (bicyclic) bond motifs is 1. The van der Waals surface area contributed by atoms with Crippen LogP contribution in [0.2, 0.25) is 0 Å². The van der Waals surface area contributed by atoms with Crippen LogP contribution in [0.25, 0.3) is 11.0 Å². The van der Waals surface area contributed by atoms with Crippen LogP contribution in [0.1, 0.15) is 27.9 Å². The summed E-state index contributed by atoms with van der Waals surface area (Å²) in [5.41, 5.74) is 3.10. The van der Waals surface area contributed by atoms with Gasteiger partial charge in [0.2, 0.25) is 0 Å². The molecule has 1 saturated heterocycles. The Kier molecular flexibility index (Phi) is 5.26. The molecule has 28 heavy (non-hydrogen) atoms. The fourth-order valence-corrected chi connectivity index (χ4v) is 3.80. The summed E-state index contributed by atoms with van der Waals surface area (Å²) < 4.78 is 5.37. The van der Waals surface area contributed by atoms with Crippen molar-refractivity contribution in [3.8, 4) is 0 Å². The molecule has 1 aliphatic rings. The van der Waals surface area contributed by atoms with E-state index >= 15 is 0 Å². The molecule has 0 aliphatic carbocycles. The molecule has 2 aromatic carbocycles. The van der Waals surface area contributed by atoms with Gasteiger partial charge in [-0.25, -0.2) is 4.79 Å². The summed E-state index contributed by atoms with van der Waals surface area (Å²) in [6.07, 6.45) is 0.914. The Bertz CT molecular complexity index is 1040. The number of carbonyl (C=O) groups is 1. The molecule has 0 unspecified atom stereocenters. The van der Waals surface area contributed by atoms with E-state index in [-0.39, 0.29) is 11.5 Å². The van der Waals surface area contributed by atoms with Crippen LogP contribution in [0.4, 0.5) is 0 Å². The number of nitrogens with zero attached hydrogens (tertiary/aromatic N) is 2. The van der Waals surface area contributed by atoms with Crippen LogP contribution in [-0.2, 0) is 6.54 Å². The van der Waals surface area contributed by atoms with E-state index in [1.54, 1.807) is 6.07 Å². The van der Waals surface area contributed by atoms with E-state index in [1.165, 1.54) is 0 Å². The maximum Gasteiger partial charge on any atom is 0.336 e. The van der Waals surface area contributed by atoms with Gasteiger partial charge in [0.1, 0.15) is 5.58 Å². The molecule has 0 saturated carbocycles. The SMILES string of the molecule is Cc1ccc2c(CN3CCCN(C(=O)c4ccccc4)CC3)cc(=O)oc2c1. The highest BCUT2D eigenvalue weighted by molar-refractivity contribution is 5.94. The number of hydrogen-bond donors (Lipinski definition) is 0. The molecule has 1 aromatic heterocycles. The van der Waals surface area contributed by atoms with Crippen molar-refractivity contribution in [1.29, 1.82) is 0 Å². The van der Waals surface area contributed by atoms with Gasteiger partial charge >= 0.3 is 5.63 Å². The van der Waals surface area contributed by atoms with Gasteiger partial charge in [-0.05, 0) is 42.7 Å². The first-order valence-corrected chi connectivity index (χ1v) is 9.70. The largest absolute Gasteiger partial charge is 0.423 e. The van der Waals surface area contributed by atoms with Crippen molar-refractivity contribution < 1.29 is 9.21 Å².